The Morgan fingerprint density at radius 1 is 1.00 bits per heavy atom. The average molecular weight is 334 g/mol. The molecule has 0 unspecified atom stereocenters. The molecular weight excluding hydrogens is 302 g/mol. The predicted molar refractivity (Wildman–Crippen MR) is 101 cm³/mol. The molecule has 4 aliphatic rings. The lowest BCUT2D eigenvalue weighted by molar-refractivity contribution is -0.0552. The van der Waals surface area contributed by atoms with Gasteiger partial charge in [-0.3, -0.25) is 0 Å². The smallest absolute Gasteiger partial charge is 0.0375 e. The number of para-hydroxylation sites is 1. The van der Waals surface area contributed by atoms with Gasteiger partial charge >= 0.3 is 0 Å². The fourth-order valence-electron chi connectivity index (χ4n) is 6.22. The van der Waals surface area contributed by atoms with Crippen LogP contribution in [0.1, 0.15) is 70.3 Å². The molecule has 0 spiro atoms. The highest BCUT2D eigenvalue weighted by atomic mass is 35.5. The molecule has 1 nitrogen and oxygen atoms in total. The summed E-state index contributed by atoms with van der Waals surface area (Å²) in [5, 5.41) is 3.77. The van der Waals surface area contributed by atoms with Crippen LogP contribution in [-0.2, 0) is 0 Å². The minimum atomic E-state index is 0. The summed E-state index contributed by atoms with van der Waals surface area (Å²) >= 11 is 0. The Bertz CT molecular complexity index is 501. The molecule has 4 saturated carbocycles. The molecule has 0 atom stereocenters. The maximum Gasteiger partial charge on any atom is 0.0375 e. The Labute approximate surface area is 148 Å². The van der Waals surface area contributed by atoms with Gasteiger partial charge in [-0.2, -0.15) is 0 Å². The Hall–Kier alpha value is -0.690. The summed E-state index contributed by atoms with van der Waals surface area (Å²) in [6, 6.07) is 8.87. The van der Waals surface area contributed by atoms with Gasteiger partial charge in [0.1, 0.15) is 0 Å². The van der Waals surface area contributed by atoms with Gasteiger partial charge in [-0.05, 0) is 85.7 Å². The fraction of sp³-hybridized carbons (Fsp3) is 0.714. The maximum absolute atomic E-state index is 3.77. The molecule has 1 aromatic carbocycles. The summed E-state index contributed by atoms with van der Waals surface area (Å²) in [4.78, 5) is 0. The number of nitrogens with one attached hydrogen (secondary N) is 1. The standard InChI is InChI=1S/C21H31N.ClH/c1-15(2)19-5-3-4-6-20(19)22-8-7-21-12-16-9-17(13-21)11-18(10-16)14-21;/h3-6,15-18,22H,7-14H2,1-2H3;1H. The Morgan fingerprint density at radius 3 is 2.13 bits per heavy atom. The molecule has 0 saturated heterocycles. The summed E-state index contributed by atoms with van der Waals surface area (Å²) < 4.78 is 0. The number of rotatable bonds is 5. The first kappa shape index (κ1) is 17.1. The lowest BCUT2D eigenvalue weighted by Crippen LogP contribution is -2.46. The zero-order valence-electron chi connectivity index (χ0n) is 14.7. The van der Waals surface area contributed by atoms with Crippen molar-refractivity contribution in [1.29, 1.82) is 0 Å². The first-order valence-corrected chi connectivity index (χ1v) is 9.46. The SMILES string of the molecule is CC(C)c1ccccc1NCCC12CC3CC(CC(C3)C1)C2.Cl. The van der Waals surface area contributed by atoms with Crippen LogP contribution in [0.25, 0.3) is 0 Å². The molecule has 1 N–H and O–H groups in total. The van der Waals surface area contributed by atoms with Gasteiger partial charge in [-0.1, -0.05) is 32.0 Å². The predicted octanol–water partition coefficient (Wildman–Crippen LogP) is 6.25. The van der Waals surface area contributed by atoms with Crippen LogP contribution >= 0.6 is 12.4 Å². The summed E-state index contributed by atoms with van der Waals surface area (Å²) in [5.74, 6) is 3.83. The summed E-state index contributed by atoms with van der Waals surface area (Å²) in [5.41, 5.74) is 3.53. The van der Waals surface area contributed by atoms with Crippen LogP contribution in [0, 0.1) is 23.2 Å². The molecule has 2 heteroatoms. The van der Waals surface area contributed by atoms with E-state index in [1.54, 1.807) is 19.3 Å². The van der Waals surface area contributed by atoms with Gasteiger partial charge in [0, 0.05) is 12.2 Å². The van der Waals surface area contributed by atoms with E-state index in [1.165, 1.54) is 36.9 Å². The van der Waals surface area contributed by atoms with E-state index < -0.39 is 0 Å². The van der Waals surface area contributed by atoms with Gasteiger partial charge in [0.15, 0.2) is 0 Å². The van der Waals surface area contributed by atoms with Crippen molar-refractivity contribution in [1.82, 2.24) is 0 Å². The van der Waals surface area contributed by atoms with Crippen molar-refractivity contribution in [2.24, 2.45) is 23.2 Å². The van der Waals surface area contributed by atoms with Crippen molar-refractivity contribution in [3.63, 3.8) is 0 Å². The number of anilines is 1. The van der Waals surface area contributed by atoms with Crippen LogP contribution in [0.15, 0.2) is 24.3 Å². The zero-order valence-corrected chi connectivity index (χ0v) is 15.5. The van der Waals surface area contributed by atoms with Crippen LogP contribution in [0.2, 0.25) is 0 Å². The molecule has 0 amide bonds. The molecule has 4 bridgehead atoms. The third-order valence-corrected chi connectivity index (χ3v) is 6.72. The molecule has 128 valence electrons. The van der Waals surface area contributed by atoms with Crippen molar-refractivity contribution >= 4 is 18.1 Å². The third kappa shape index (κ3) is 3.40. The van der Waals surface area contributed by atoms with E-state index in [1.807, 2.05) is 0 Å². The van der Waals surface area contributed by atoms with Crippen molar-refractivity contribution in [2.75, 3.05) is 11.9 Å². The molecule has 1 aromatic rings. The highest BCUT2D eigenvalue weighted by Crippen LogP contribution is 2.61. The second-order valence-corrected chi connectivity index (χ2v) is 8.84. The Balaban J connectivity index is 0.00000156. The van der Waals surface area contributed by atoms with Crippen LogP contribution in [0.3, 0.4) is 0 Å². The first-order chi connectivity index (χ1) is 10.6. The topological polar surface area (TPSA) is 12.0 Å². The van der Waals surface area contributed by atoms with Crippen molar-refractivity contribution in [3.8, 4) is 0 Å². The lowest BCUT2D eigenvalue weighted by Gasteiger charge is -2.57. The Morgan fingerprint density at radius 2 is 1.57 bits per heavy atom. The monoisotopic (exact) mass is 333 g/mol. The van der Waals surface area contributed by atoms with Gasteiger partial charge in [0.25, 0.3) is 0 Å². The average Bonchev–Trinajstić information content (AvgIpc) is 2.46. The zero-order chi connectivity index (χ0) is 15.2. The van der Waals surface area contributed by atoms with Crippen molar-refractivity contribution < 1.29 is 0 Å². The third-order valence-electron chi connectivity index (χ3n) is 6.72. The van der Waals surface area contributed by atoms with Crippen LogP contribution in [0.4, 0.5) is 5.69 Å². The highest BCUT2D eigenvalue weighted by Gasteiger charge is 2.50. The molecule has 0 heterocycles. The van der Waals surface area contributed by atoms with E-state index in [4.69, 9.17) is 0 Å². The minimum Gasteiger partial charge on any atom is -0.385 e. The second kappa shape index (κ2) is 6.67. The molecule has 23 heavy (non-hydrogen) atoms. The summed E-state index contributed by atoms with van der Waals surface area (Å²) in [7, 11) is 0. The van der Waals surface area contributed by atoms with Crippen LogP contribution in [-0.4, -0.2) is 6.54 Å². The largest absolute Gasteiger partial charge is 0.385 e. The second-order valence-electron chi connectivity index (χ2n) is 8.84. The van der Waals surface area contributed by atoms with E-state index in [9.17, 15) is 0 Å². The van der Waals surface area contributed by atoms with Crippen LogP contribution in [0.5, 0.6) is 0 Å². The Kier molecular flexibility index (Phi) is 4.97. The number of halogens is 1. The normalized spacial score (nSPS) is 34.5. The number of hydrogen-bond acceptors (Lipinski definition) is 1. The van der Waals surface area contributed by atoms with Gasteiger partial charge in [-0.15, -0.1) is 12.4 Å². The molecule has 0 radical (unpaired) electrons. The van der Waals surface area contributed by atoms with E-state index in [0.29, 0.717) is 11.3 Å². The first-order valence-electron chi connectivity index (χ1n) is 9.46. The van der Waals surface area contributed by atoms with Gasteiger partial charge in [0.05, 0.1) is 0 Å². The molecule has 4 aliphatic carbocycles. The fourth-order valence-corrected chi connectivity index (χ4v) is 6.22. The molecule has 0 aliphatic heterocycles. The molecule has 4 fully saturated rings. The minimum absolute atomic E-state index is 0. The van der Waals surface area contributed by atoms with Crippen molar-refractivity contribution in [2.45, 2.75) is 64.7 Å². The van der Waals surface area contributed by atoms with Gasteiger partial charge in [-0.25, -0.2) is 0 Å². The van der Waals surface area contributed by atoms with Crippen LogP contribution < -0.4 is 5.32 Å². The van der Waals surface area contributed by atoms with Gasteiger partial charge in [0.2, 0.25) is 0 Å². The maximum atomic E-state index is 3.77. The molecular formula is C21H32ClN. The number of benzene rings is 1. The van der Waals surface area contributed by atoms with E-state index in [2.05, 4.69) is 43.4 Å². The quantitative estimate of drug-likeness (QED) is 0.671. The van der Waals surface area contributed by atoms with Crippen molar-refractivity contribution in [3.05, 3.63) is 29.8 Å². The van der Waals surface area contributed by atoms with Gasteiger partial charge < -0.3 is 5.32 Å². The lowest BCUT2D eigenvalue weighted by atomic mass is 9.49. The van der Waals surface area contributed by atoms with E-state index in [0.717, 1.165) is 24.3 Å². The van der Waals surface area contributed by atoms with E-state index >= 15 is 0 Å². The molecule has 0 aromatic heterocycles. The van der Waals surface area contributed by atoms with E-state index in [-0.39, 0.29) is 12.4 Å². The number of hydrogen-bond donors (Lipinski definition) is 1. The summed E-state index contributed by atoms with van der Waals surface area (Å²) in [6.07, 6.45) is 10.7. The highest BCUT2D eigenvalue weighted by molar-refractivity contribution is 5.85. The summed E-state index contributed by atoms with van der Waals surface area (Å²) in [6.45, 7) is 5.75. The molecule has 5 rings (SSSR count).